The molecular formula is C11H12N6. The summed E-state index contributed by atoms with van der Waals surface area (Å²) in [4.78, 5) is 4.37. The summed E-state index contributed by atoms with van der Waals surface area (Å²) in [5.41, 5.74) is 0. The van der Waals surface area contributed by atoms with Crippen LogP contribution in [0, 0.1) is 0 Å². The average Bonchev–Trinajstić information content (AvgIpc) is 3.04. The average molecular weight is 228 g/mol. The van der Waals surface area contributed by atoms with E-state index in [1.54, 1.807) is 18.6 Å². The fourth-order valence-corrected chi connectivity index (χ4v) is 1.83. The normalized spacial score (nSPS) is 11.2. The maximum atomic E-state index is 4.37. The summed E-state index contributed by atoms with van der Waals surface area (Å²) in [6.45, 7) is 0. The number of aromatic nitrogens is 6. The highest BCUT2D eigenvalue weighted by molar-refractivity contribution is 5.02. The molecule has 0 atom stereocenters. The summed E-state index contributed by atoms with van der Waals surface area (Å²) >= 11 is 0. The van der Waals surface area contributed by atoms with Crippen LogP contribution in [0.2, 0.25) is 0 Å². The third-order valence-electron chi connectivity index (χ3n) is 2.64. The molecule has 0 aliphatic rings. The highest BCUT2D eigenvalue weighted by Gasteiger charge is 2.20. The van der Waals surface area contributed by atoms with Gasteiger partial charge < -0.3 is 4.57 Å². The summed E-state index contributed by atoms with van der Waals surface area (Å²) in [6.07, 6.45) is 10.8. The van der Waals surface area contributed by atoms with Crippen molar-refractivity contribution in [1.29, 1.82) is 0 Å². The highest BCUT2D eigenvalue weighted by Crippen LogP contribution is 2.16. The van der Waals surface area contributed by atoms with Gasteiger partial charge in [-0.05, 0) is 12.1 Å². The van der Waals surface area contributed by atoms with Crippen molar-refractivity contribution in [3.8, 4) is 0 Å². The first-order valence-corrected chi connectivity index (χ1v) is 5.32. The first kappa shape index (κ1) is 9.83. The Morgan fingerprint density at radius 1 is 0.941 bits per heavy atom. The standard InChI is InChI=1S/C11H12N6/c1-15-9-6-12-10(15)11(16-7-2-4-13-16)17-8-3-5-14-17/h2-9,11H,1H3. The van der Waals surface area contributed by atoms with Crippen LogP contribution in [-0.2, 0) is 7.05 Å². The number of aryl methyl sites for hydroxylation is 1. The maximum absolute atomic E-state index is 4.37. The Balaban J connectivity index is 2.13. The monoisotopic (exact) mass is 228 g/mol. The van der Waals surface area contributed by atoms with Gasteiger partial charge in [-0.15, -0.1) is 0 Å². The molecule has 0 aliphatic heterocycles. The second-order valence-electron chi connectivity index (χ2n) is 3.74. The second kappa shape index (κ2) is 3.89. The summed E-state index contributed by atoms with van der Waals surface area (Å²) < 4.78 is 5.62. The van der Waals surface area contributed by atoms with Crippen LogP contribution >= 0.6 is 0 Å². The third kappa shape index (κ3) is 1.63. The van der Waals surface area contributed by atoms with Gasteiger partial charge in [-0.1, -0.05) is 0 Å². The predicted octanol–water partition coefficient (Wildman–Crippen LogP) is 0.908. The fraction of sp³-hybridized carbons (Fsp3) is 0.182. The number of hydrogen-bond donors (Lipinski definition) is 0. The highest BCUT2D eigenvalue weighted by atomic mass is 15.5. The van der Waals surface area contributed by atoms with Crippen LogP contribution in [0.15, 0.2) is 49.3 Å². The smallest absolute Gasteiger partial charge is 0.200 e. The molecule has 0 fully saturated rings. The van der Waals surface area contributed by atoms with Gasteiger partial charge in [0.25, 0.3) is 0 Å². The van der Waals surface area contributed by atoms with Crippen LogP contribution < -0.4 is 0 Å². The van der Waals surface area contributed by atoms with Crippen LogP contribution in [0.1, 0.15) is 12.0 Å². The topological polar surface area (TPSA) is 53.5 Å². The Morgan fingerprint density at radius 3 is 2.00 bits per heavy atom. The maximum Gasteiger partial charge on any atom is 0.200 e. The van der Waals surface area contributed by atoms with Gasteiger partial charge in [0.15, 0.2) is 5.82 Å². The molecule has 0 N–H and O–H groups in total. The minimum Gasteiger partial charge on any atom is -0.335 e. The molecule has 0 saturated carbocycles. The van der Waals surface area contributed by atoms with Crippen LogP contribution in [0.4, 0.5) is 0 Å². The SMILES string of the molecule is Cn1ccnc1C(n1cccn1)n1cccn1. The molecule has 3 aromatic rings. The Kier molecular flexibility index (Phi) is 2.25. The van der Waals surface area contributed by atoms with Crippen molar-refractivity contribution in [3.05, 3.63) is 55.1 Å². The molecule has 0 unspecified atom stereocenters. The number of imidazole rings is 1. The van der Waals surface area contributed by atoms with E-state index in [1.807, 2.05) is 51.7 Å². The second-order valence-corrected chi connectivity index (χ2v) is 3.74. The van der Waals surface area contributed by atoms with E-state index in [1.165, 1.54) is 0 Å². The van der Waals surface area contributed by atoms with Crippen LogP contribution in [0.5, 0.6) is 0 Å². The van der Waals surface area contributed by atoms with Crippen molar-refractivity contribution in [1.82, 2.24) is 29.1 Å². The molecule has 6 nitrogen and oxygen atoms in total. The Labute approximate surface area is 98.1 Å². The van der Waals surface area contributed by atoms with E-state index in [2.05, 4.69) is 15.2 Å². The predicted molar refractivity (Wildman–Crippen MR) is 61.2 cm³/mol. The molecule has 3 aromatic heterocycles. The van der Waals surface area contributed by atoms with Crippen LogP contribution in [-0.4, -0.2) is 29.1 Å². The van der Waals surface area contributed by atoms with Gasteiger partial charge in [-0.2, -0.15) is 10.2 Å². The molecule has 17 heavy (non-hydrogen) atoms. The number of hydrogen-bond acceptors (Lipinski definition) is 3. The number of rotatable bonds is 3. The molecule has 0 aliphatic carbocycles. The summed E-state index contributed by atoms with van der Waals surface area (Å²) in [7, 11) is 1.96. The van der Waals surface area contributed by atoms with E-state index in [9.17, 15) is 0 Å². The van der Waals surface area contributed by atoms with E-state index in [4.69, 9.17) is 0 Å². The zero-order valence-electron chi connectivity index (χ0n) is 9.38. The van der Waals surface area contributed by atoms with E-state index in [-0.39, 0.29) is 6.17 Å². The Bertz CT molecular complexity index is 543. The molecule has 0 spiro atoms. The zero-order valence-corrected chi connectivity index (χ0v) is 9.38. The number of nitrogens with zero attached hydrogens (tertiary/aromatic N) is 6. The van der Waals surface area contributed by atoms with E-state index < -0.39 is 0 Å². The Morgan fingerprint density at radius 2 is 1.59 bits per heavy atom. The van der Waals surface area contributed by atoms with Crippen LogP contribution in [0.3, 0.4) is 0 Å². The van der Waals surface area contributed by atoms with Crippen LogP contribution in [0.25, 0.3) is 0 Å². The third-order valence-corrected chi connectivity index (χ3v) is 2.64. The first-order chi connectivity index (χ1) is 8.36. The van der Waals surface area contributed by atoms with Gasteiger partial charge in [0.05, 0.1) is 0 Å². The minimum atomic E-state index is -0.153. The van der Waals surface area contributed by atoms with Gasteiger partial charge in [0.1, 0.15) is 0 Å². The van der Waals surface area contributed by atoms with Gasteiger partial charge in [0.2, 0.25) is 6.17 Å². The summed E-state index contributed by atoms with van der Waals surface area (Å²) in [5.74, 6) is 0.886. The van der Waals surface area contributed by atoms with Crippen molar-refractivity contribution >= 4 is 0 Å². The molecule has 0 aromatic carbocycles. The molecule has 0 radical (unpaired) electrons. The molecule has 3 rings (SSSR count). The molecule has 0 amide bonds. The molecular weight excluding hydrogens is 216 g/mol. The minimum absolute atomic E-state index is 0.153. The van der Waals surface area contributed by atoms with E-state index in [0.717, 1.165) is 5.82 Å². The van der Waals surface area contributed by atoms with E-state index >= 15 is 0 Å². The van der Waals surface area contributed by atoms with Gasteiger partial charge in [-0.3, -0.25) is 0 Å². The summed E-state index contributed by atoms with van der Waals surface area (Å²) in [6, 6.07) is 3.78. The van der Waals surface area contributed by atoms with Crippen molar-refractivity contribution < 1.29 is 0 Å². The molecule has 0 saturated heterocycles. The Hall–Kier alpha value is -2.37. The van der Waals surface area contributed by atoms with Gasteiger partial charge in [-0.25, -0.2) is 14.3 Å². The lowest BCUT2D eigenvalue weighted by Crippen LogP contribution is -2.23. The van der Waals surface area contributed by atoms with Gasteiger partial charge in [0, 0.05) is 44.2 Å². The summed E-state index contributed by atoms with van der Waals surface area (Å²) in [5, 5.41) is 8.54. The van der Waals surface area contributed by atoms with Crippen molar-refractivity contribution in [3.63, 3.8) is 0 Å². The first-order valence-electron chi connectivity index (χ1n) is 5.32. The van der Waals surface area contributed by atoms with Crippen molar-refractivity contribution in [2.75, 3.05) is 0 Å². The zero-order chi connectivity index (χ0) is 11.7. The van der Waals surface area contributed by atoms with Gasteiger partial charge >= 0.3 is 0 Å². The lowest BCUT2D eigenvalue weighted by Gasteiger charge is -2.17. The van der Waals surface area contributed by atoms with Crippen molar-refractivity contribution in [2.24, 2.45) is 7.05 Å². The quantitative estimate of drug-likeness (QED) is 0.669. The lowest BCUT2D eigenvalue weighted by atomic mass is 10.4. The van der Waals surface area contributed by atoms with E-state index in [0.29, 0.717) is 0 Å². The molecule has 3 heterocycles. The molecule has 6 heteroatoms. The molecule has 0 bridgehead atoms. The van der Waals surface area contributed by atoms with Crippen molar-refractivity contribution in [2.45, 2.75) is 6.17 Å². The molecule has 86 valence electrons. The lowest BCUT2D eigenvalue weighted by molar-refractivity contribution is 0.391. The fourth-order valence-electron chi connectivity index (χ4n) is 1.83. The largest absolute Gasteiger partial charge is 0.335 e.